The minimum absolute atomic E-state index is 0.0640. The predicted molar refractivity (Wildman–Crippen MR) is 125 cm³/mol. The van der Waals surface area contributed by atoms with Gasteiger partial charge in [-0.3, -0.25) is 4.79 Å². The van der Waals surface area contributed by atoms with E-state index in [4.69, 9.17) is 0 Å². The van der Waals surface area contributed by atoms with Crippen LogP contribution in [-0.4, -0.2) is 47.2 Å². The van der Waals surface area contributed by atoms with Crippen LogP contribution in [0.15, 0.2) is 66.7 Å². The zero-order chi connectivity index (χ0) is 21.6. The SMILES string of the molecule is CCc1ccc(-c2ccc(N3CCN(C(=O)C(CC)c4ccccc4)CC3)nn2)cc1. The van der Waals surface area contributed by atoms with Gasteiger partial charge in [0.25, 0.3) is 0 Å². The number of benzene rings is 2. The van der Waals surface area contributed by atoms with Gasteiger partial charge < -0.3 is 9.80 Å². The third-order valence-corrected chi connectivity index (χ3v) is 6.13. The molecule has 0 saturated carbocycles. The van der Waals surface area contributed by atoms with E-state index < -0.39 is 0 Å². The van der Waals surface area contributed by atoms with Crippen molar-refractivity contribution in [2.24, 2.45) is 0 Å². The van der Waals surface area contributed by atoms with Gasteiger partial charge in [0.1, 0.15) is 0 Å². The Morgan fingerprint density at radius 2 is 1.58 bits per heavy atom. The van der Waals surface area contributed by atoms with Crippen molar-refractivity contribution >= 4 is 11.7 Å². The van der Waals surface area contributed by atoms with E-state index in [0.29, 0.717) is 13.1 Å². The lowest BCUT2D eigenvalue weighted by Gasteiger charge is -2.36. The van der Waals surface area contributed by atoms with Crippen LogP contribution in [0.4, 0.5) is 5.82 Å². The van der Waals surface area contributed by atoms with Crippen molar-refractivity contribution in [1.29, 1.82) is 0 Å². The van der Waals surface area contributed by atoms with E-state index in [0.717, 1.165) is 48.6 Å². The van der Waals surface area contributed by atoms with E-state index in [9.17, 15) is 4.79 Å². The third kappa shape index (κ3) is 4.76. The van der Waals surface area contributed by atoms with Crippen LogP contribution in [0.3, 0.4) is 0 Å². The van der Waals surface area contributed by atoms with Gasteiger partial charge in [-0.25, -0.2) is 0 Å². The number of piperazine rings is 1. The van der Waals surface area contributed by atoms with Gasteiger partial charge in [-0.2, -0.15) is 0 Å². The Labute approximate surface area is 184 Å². The predicted octanol–water partition coefficient (Wildman–Crippen LogP) is 4.55. The van der Waals surface area contributed by atoms with Gasteiger partial charge in [-0.15, -0.1) is 10.2 Å². The summed E-state index contributed by atoms with van der Waals surface area (Å²) in [7, 11) is 0. The molecule has 31 heavy (non-hydrogen) atoms. The first-order valence-electron chi connectivity index (χ1n) is 11.2. The van der Waals surface area contributed by atoms with Crippen LogP contribution < -0.4 is 4.90 Å². The van der Waals surface area contributed by atoms with Crippen molar-refractivity contribution < 1.29 is 4.79 Å². The van der Waals surface area contributed by atoms with E-state index in [2.05, 4.69) is 65.3 Å². The average molecular weight is 415 g/mol. The lowest BCUT2D eigenvalue weighted by Crippen LogP contribution is -2.50. The molecule has 5 heteroatoms. The fourth-order valence-electron chi connectivity index (χ4n) is 4.17. The molecule has 5 nitrogen and oxygen atoms in total. The molecule has 1 amide bonds. The first kappa shape index (κ1) is 21.0. The highest BCUT2D eigenvalue weighted by Gasteiger charge is 2.27. The highest BCUT2D eigenvalue weighted by atomic mass is 16.2. The Hall–Kier alpha value is -3.21. The van der Waals surface area contributed by atoms with Gasteiger partial charge in [-0.1, -0.05) is 68.4 Å². The van der Waals surface area contributed by atoms with Crippen LogP contribution in [0.2, 0.25) is 0 Å². The molecule has 1 unspecified atom stereocenters. The second-order valence-corrected chi connectivity index (χ2v) is 8.01. The van der Waals surface area contributed by atoms with Gasteiger partial charge in [0, 0.05) is 31.7 Å². The number of nitrogens with zero attached hydrogens (tertiary/aromatic N) is 4. The Kier molecular flexibility index (Phi) is 6.60. The molecule has 1 saturated heterocycles. The first-order valence-corrected chi connectivity index (χ1v) is 11.2. The third-order valence-electron chi connectivity index (χ3n) is 6.13. The number of carbonyl (C=O) groups is 1. The smallest absolute Gasteiger partial charge is 0.230 e. The van der Waals surface area contributed by atoms with Gasteiger partial charge in [-0.05, 0) is 36.1 Å². The second-order valence-electron chi connectivity index (χ2n) is 8.01. The number of hydrogen-bond acceptors (Lipinski definition) is 4. The van der Waals surface area contributed by atoms with Gasteiger partial charge in [0.05, 0.1) is 11.6 Å². The summed E-state index contributed by atoms with van der Waals surface area (Å²) in [5, 5.41) is 8.91. The summed E-state index contributed by atoms with van der Waals surface area (Å²) >= 11 is 0. The normalized spacial score (nSPS) is 15.0. The van der Waals surface area contributed by atoms with Crippen LogP contribution in [0.5, 0.6) is 0 Å². The Morgan fingerprint density at radius 1 is 0.871 bits per heavy atom. The largest absolute Gasteiger partial charge is 0.352 e. The molecule has 0 N–H and O–H groups in total. The molecule has 1 atom stereocenters. The maximum atomic E-state index is 13.1. The molecule has 0 radical (unpaired) electrons. The zero-order valence-electron chi connectivity index (χ0n) is 18.4. The van der Waals surface area contributed by atoms with E-state index in [1.54, 1.807) is 0 Å². The van der Waals surface area contributed by atoms with E-state index in [1.165, 1.54) is 5.56 Å². The van der Waals surface area contributed by atoms with Crippen LogP contribution in [0.1, 0.15) is 37.3 Å². The van der Waals surface area contributed by atoms with E-state index in [1.807, 2.05) is 35.2 Å². The molecule has 1 aromatic heterocycles. The van der Waals surface area contributed by atoms with Crippen molar-refractivity contribution in [3.05, 3.63) is 77.9 Å². The summed E-state index contributed by atoms with van der Waals surface area (Å²) < 4.78 is 0. The second kappa shape index (κ2) is 9.73. The Balaban J connectivity index is 1.37. The molecule has 2 heterocycles. The van der Waals surface area contributed by atoms with Gasteiger partial charge in [0.2, 0.25) is 5.91 Å². The molecule has 0 bridgehead atoms. The number of aromatic nitrogens is 2. The molecular formula is C26H30N4O. The fraction of sp³-hybridized carbons (Fsp3) is 0.346. The molecule has 0 spiro atoms. The maximum absolute atomic E-state index is 13.1. The fourth-order valence-corrected chi connectivity index (χ4v) is 4.17. The van der Waals surface area contributed by atoms with Crippen molar-refractivity contribution in [2.45, 2.75) is 32.6 Å². The molecule has 160 valence electrons. The van der Waals surface area contributed by atoms with Crippen molar-refractivity contribution in [2.75, 3.05) is 31.1 Å². The number of amides is 1. The first-order chi connectivity index (χ1) is 15.2. The minimum atomic E-state index is -0.0640. The molecule has 0 aliphatic carbocycles. The summed E-state index contributed by atoms with van der Waals surface area (Å²) in [5.74, 6) is 1.03. The van der Waals surface area contributed by atoms with Crippen molar-refractivity contribution in [3.8, 4) is 11.3 Å². The minimum Gasteiger partial charge on any atom is -0.352 e. The quantitative estimate of drug-likeness (QED) is 0.594. The number of carbonyl (C=O) groups excluding carboxylic acids is 1. The van der Waals surface area contributed by atoms with E-state index in [-0.39, 0.29) is 11.8 Å². The number of aryl methyl sites for hydroxylation is 1. The monoisotopic (exact) mass is 414 g/mol. The zero-order valence-corrected chi connectivity index (χ0v) is 18.4. The summed E-state index contributed by atoms with van der Waals surface area (Å²) in [5.41, 5.74) is 4.39. The number of anilines is 1. The summed E-state index contributed by atoms with van der Waals surface area (Å²) in [6, 6.07) is 22.6. The van der Waals surface area contributed by atoms with Gasteiger partial charge in [0.15, 0.2) is 5.82 Å². The van der Waals surface area contributed by atoms with Crippen LogP contribution in [-0.2, 0) is 11.2 Å². The highest BCUT2D eigenvalue weighted by molar-refractivity contribution is 5.84. The average Bonchev–Trinajstić information content (AvgIpc) is 2.85. The lowest BCUT2D eigenvalue weighted by molar-refractivity contribution is -0.133. The summed E-state index contributed by atoms with van der Waals surface area (Å²) in [4.78, 5) is 17.3. The topological polar surface area (TPSA) is 49.3 Å². The number of hydrogen-bond donors (Lipinski definition) is 0. The van der Waals surface area contributed by atoms with Crippen molar-refractivity contribution in [1.82, 2.24) is 15.1 Å². The Morgan fingerprint density at radius 3 is 2.16 bits per heavy atom. The Bertz CT molecular complexity index is 978. The molecular weight excluding hydrogens is 384 g/mol. The standard InChI is InChI=1S/C26H30N4O/c1-3-20-10-12-22(13-11-20)24-14-15-25(28-27-24)29-16-18-30(19-17-29)26(31)23(4-2)21-8-6-5-7-9-21/h5-15,23H,3-4,16-19H2,1-2H3. The van der Waals surface area contributed by atoms with Crippen LogP contribution in [0, 0.1) is 0 Å². The number of rotatable bonds is 6. The highest BCUT2D eigenvalue weighted by Crippen LogP contribution is 2.24. The molecule has 1 fully saturated rings. The van der Waals surface area contributed by atoms with Crippen LogP contribution >= 0.6 is 0 Å². The molecule has 2 aromatic carbocycles. The van der Waals surface area contributed by atoms with Crippen molar-refractivity contribution in [3.63, 3.8) is 0 Å². The van der Waals surface area contributed by atoms with Crippen LogP contribution in [0.25, 0.3) is 11.3 Å². The molecule has 4 rings (SSSR count). The molecule has 1 aliphatic heterocycles. The summed E-state index contributed by atoms with van der Waals surface area (Å²) in [6.45, 7) is 7.21. The lowest BCUT2D eigenvalue weighted by atomic mass is 9.95. The maximum Gasteiger partial charge on any atom is 0.230 e. The van der Waals surface area contributed by atoms with Gasteiger partial charge >= 0.3 is 0 Å². The molecule has 1 aliphatic rings. The molecule has 3 aromatic rings. The summed E-state index contributed by atoms with van der Waals surface area (Å²) in [6.07, 6.45) is 1.85. The van der Waals surface area contributed by atoms with E-state index >= 15 is 0 Å².